The molecule has 0 bridgehead atoms. The third kappa shape index (κ3) is 15.7. The Morgan fingerprint density at radius 3 is 1.46 bits per heavy atom. The van der Waals surface area contributed by atoms with E-state index in [1.807, 2.05) is 0 Å². The van der Waals surface area contributed by atoms with Crippen molar-refractivity contribution in [3.63, 3.8) is 0 Å². The smallest absolute Gasteiger partial charge is 0.407 e. The van der Waals surface area contributed by atoms with Crippen LogP contribution < -0.4 is 11.1 Å². The Bertz CT molecular complexity index is 833. The second kappa shape index (κ2) is 19.0. The predicted octanol–water partition coefficient (Wildman–Crippen LogP) is -0.627. The molecule has 2 rings (SSSR count). The van der Waals surface area contributed by atoms with Gasteiger partial charge in [-0.15, -0.1) is 0 Å². The lowest BCUT2D eigenvalue weighted by molar-refractivity contribution is -0.139. The van der Waals surface area contributed by atoms with E-state index in [2.05, 4.69) is 5.32 Å². The highest BCUT2D eigenvalue weighted by Gasteiger charge is 2.23. The number of imide groups is 2. The van der Waals surface area contributed by atoms with Gasteiger partial charge in [0.2, 0.25) is 0 Å². The quantitative estimate of drug-likeness (QED) is 0.172. The first kappa shape index (κ1) is 33.9. The molecule has 3 N–H and O–H groups in total. The van der Waals surface area contributed by atoms with E-state index in [4.69, 9.17) is 29.4 Å². The van der Waals surface area contributed by atoms with Gasteiger partial charge in [0.05, 0.1) is 65.9 Å². The maximum Gasteiger partial charge on any atom is 0.407 e. The summed E-state index contributed by atoms with van der Waals surface area (Å²) in [6.07, 6.45) is 4.51. The molecule has 0 fully saturated rings. The van der Waals surface area contributed by atoms with E-state index in [-0.39, 0.29) is 43.3 Å². The summed E-state index contributed by atoms with van der Waals surface area (Å²) < 4.78 is 25.9. The fourth-order valence-corrected chi connectivity index (χ4v) is 2.88. The molecule has 0 aromatic heterocycles. The van der Waals surface area contributed by atoms with Gasteiger partial charge in [-0.2, -0.15) is 0 Å². The fourth-order valence-electron chi connectivity index (χ4n) is 2.88. The van der Waals surface area contributed by atoms with Gasteiger partial charge in [0.15, 0.2) is 0 Å². The number of alkyl carbamates (subject to hydrolysis) is 1. The van der Waals surface area contributed by atoms with E-state index in [9.17, 15) is 24.0 Å². The molecule has 0 aromatic carbocycles. The van der Waals surface area contributed by atoms with Gasteiger partial charge in [0.25, 0.3) is 23.6 Å². The van der Waals surface area contributed by atoms with E-state index >= 15 is 0 Å². The Kier molecular flexibility index (Phi) is 16.5. The molecule has 2 heterocycles. The van der Waals surface area contributed by atoms with E-state index in [0.717, 1.165) is 9.80 Å². The molecule has 2 aliphatic rings. The van der Waals surface area contributed by atoms with Crippen LogP contribution in [-0.4, -0.2) is 124 Å². The Balaban J connectivity index is 0.000000416. The SMILES string of the molecule is CC(C)(C)OC(=O)NCCOCCOCCN1C(=O)C=CC1=O.NCCOCCOCCN1C(=O)C=CC1=O. The number of hydrogen-bond donors (Lipinski definition) is 2. The zero-order chi connectivity index (χ0) is 29.1. The van der Waals surface area contributed by atoms with E-state index in [1.54, 1.807) is 20.8 Å². The molecular formula is C25H40N4O10. The molecule has 14 heteroatoms. The normalized spacial score (nSPS) is 14.8. The van der Waals surface area contributed by atoms with Gasteiger partial charge in [-0.1, -0.05) is 0 Å². The molecule has 0 spiro atoms. The van der Waals surface area contributed by atoms with Gasteiger partial charge in [-0.05, 0) is 20.8 Å². The van der Waals surface area contributed by atoms with Crippen LogP contribution in [0.25, 0.3) is 0 Å². The Morgan fingerprint density at radius 1 is 0.692 bits per heavy atom. The van der Waals surface area contributed by atoms with Crippen LogP contribution in [0.5, 0.6) is 0 Å². The molecule has 0 aromatic rings. The van der Waals surface area contributed by atoms with Crippen molar-refractivity contribution < 1.29 is 47.7 Å². The number of rotatable bonds is 17. The van der Waals surface area contributed by atoms with Crippen molar-refractivity contribution in [3.05, 3.63) is 24.3 Å². The van der Waals surface area contributed by atoms with Crippen LogP contribution in [0.2, 0.25) is 0 Å². The first-order valence-corrected chi connectivity index (χ1v) is 12.6. The van der Waals surface area contributed by atoms with Crippen molar-refractivity contribution in [2.24, 2.45) is 5.73 Å². The molecule has 0 radical (unpaired) electrons. The number of nitrogens with zero attached hydrogens (tertiary/aromatic N) is 2. The third-order valence-corrected chi connectivity index (χ3v) is 4.64. The lowest BCUT2D eigenvalue weighted by Crippen LogP contribution is -2.34. The van der Waals surface area contributed by atoms with Gasteiger partial charge in [0.1, 0.15) is 5.60 Å². The summed E-state index contributed by atoms with van der Waals surface area (Å²) in [4.78, 5) is 58.3. The van der Waals surface area contributed by atoms with Crippen LogP contribution in [-0.2, 0) is 42.9 Å². The highest BCUT2D eigenvalue weighted by atomic mass is 16.6. The molecule has 0 unspecified atom stereocenters. The zero-order valence-electron chi connectivity index (χ0n) is 22.8. The molecule has 0 saturated heterocycles. The number of nitrogens with two attached hydrogens (primary N) is 1. The fraction of sp³-hybridized carbons (Fsp3) is 0.640. The summed E-state index contributed by atoms with van der Waals surface area (Å²) in [7, 11) is 0. The standard InChI is InChI=1S/C15H24N2O6.C10H16N2O4/c1-15(2,3)23-14(20)16-6-8-21-10-11-22-9-7-17-12(18)4-5-13(17)19;11-3-5-15-7-8-16-6-4-12-9(13)1-2-10(12)14/h4-5H,6-11H2,1-3H3,(H,16,20);1-2H,3-8,11H2. The first-order chi connectivity index (χ1) is 18.5. The summed E-state index contributed by atoms with van der Waals surface area (Å²) in [6.45, 7) is 9.76. The average molecular weight is 557 g/mol. The van der Waals surface area contributed by atoms with E-state index in [1.165, 1.54) is 24.3 Å². The molecule has 2 aliphatic heterocycles. The lowest BCUT2D eigenvalue weighted by Gasteiger charge is -2.19. The Morgan fingerprint density at radius 2 is 1.08 bits per heavy atom. The van der Waals surface area contributed by atoms with Crippen molar-refractivity contribution in [2.45, 2.75) is 26.4 Å². The Labute approximate surface area is 228 Å². The average Bonchev–Trinajstić information content (AvgIpc) is 3.36. The highest BCUT2D eigenvalue weighted by molar-refractivity contribution is 6.13. The molecule has 220 valence electrons. The number of nitrogens with one attached hydrogen (secondary N) is 1. The molecule has 14 nitrogen and oxygen atoms in total. The molecule has 39 heavy (non-hydrogen) atoms. The van der Waals surface area contributed by atoms with E-state index in [0.29, 0.717) is 59.3 Å². The number of carbonyl (C=O) groups excluding carboxylic acids is 5. The molecule has 0 aliphatic carbocycles. The Hall–Kier alpha value is -3.17. The molecule has 0 atom stereocenters. The van der Waals surface area contributed by atoms with Crippen molar-refractivity contribution in [1.29, 1.82) is 0 Å². The number of amides is 5. The number of hydrogen-bond acceptors (Lipinski definition) is 11. The monoisotopic (exact) mass is 556 g/mol. The summed E-state index contributed by atoms with van der Waals surface area (Å²) in [6, 6.07) is 0. The van der Waals surface area contributed by atoms with Crippen LogP contribution in [0.4, 0.5) is 4.79 Å². The highest BCUT2D eigenvalue weighted by Crippen LogP contribution is 2.06. The summed E-state index contributed by atoms with van der Waals surface area (Å²) in [5.41, 5.74) is 4.71. The second-order valence-electron chi connectivity index (χ2n) is 8.99. The van der Waals surface area contributed by atoms with Crippen molar-refractivity contribution in [2.75, 3.05) is 79.0 Å². The first-order valence-electron chi connectivity index (χ1n) is 12.6. The van der Waals surface area contributed by atoms with Gasteiger partial charge < -0.3 is 34.7 Å². The van der Waals surface area contributed by atoms with Crippen molar-refractivity contribution >= 4 is 29.7 Å². The zero-order valence-corrected chi connectivity index (χ0v) is 22.8. The third-order valence-electron chi connectivity index (χ3n) is 4.64. The number of carbonyl (C=O) groups is 5. The summed E-state index contributed by atoms with van der Waals surface area (Å²) >= 11 is 0. The van der Waals surface area contributed by atoms with Crippen LogP contribution in [0.15, 0.2) is 24.3 Å². The topological polar surface area (TPSA) is 176 Å². The van der Waals surface area contributed by atoms with Crippen LogP contribution in [0.3, 0.4) is 0 Å². The van der Waals surface area contributed by atoms with Crippen molar-refractivity contribution in [1.82, 2.24) is 15.1 Å². The lowest BCUT2D eigenvalue weighted by atomic mass is 10.2. The van der Waals surface area contributed by atoms with E-state index < -0.39 is 11.7 Å². The van der Waals surface area contributed by atoms with Crippen molar-refractivity contribution in [3.8, 4) is 0 Å². The summed E-state index contributed by atoms with van der Waals surface area (Å²) in [5.74, 6) is -1.20. The molecule has 0 saturated carbocycles. The molecule has 5 amide bonds. The van der Waals surface area contributed by atoms with Gasteiger partial charge in [-0.3, -0.25) is 29.0 Å². The molecular weight excluding hydrogens is 516 g/mol. The predicted molar refractivity (Wildman–Crippen MR) is 138 cm³/mol. The minimum absolute atomic E-state index is 0.227. The largest absolute Gasteiger partial charge is 0.444 e. The minimum atomic E-state index is -0.521. The maximum absolute atomic E-state index is 11.3. The number of ether oxygens (including phenoxy) is 5. The van der Waals surface area contributed by atoms with Gasteiger partial charge in [-0.25, -0.2) is 4.79 Å². The van der Waals surface area contributed by atoms with Crippen LogP contribution in [0, 0.1) is 0 Å². The van der Waals surface area contributed by atoms with Crippen LogP contribution >= 0.6 is 0 Å². The second-order valence-corrected chi connectivity index (χ2v) is 8.99. The van der Waals surface area contributed by atoms with Gasteiger partial charge in [0, 0.05) is 37.4 Å². The van der Waals surface area contributed by atoms with Crippen LogP contribution in [0.1, 0.15) is 20.8 Å². The minimum Gasteiger partial charge on any atom is -0.444 e. The summed E-state index contributed by atoms with van der Waals surface area (Å²) in [5, 5.41) is 2.57. The van der Waals surface area contributed by atoms with Gasteiger partial charge >= 0.3 is 6.09 Å². The maximum atomic E-state index is 11.3.